The van der Waals surface area contributed by atoms with Crippen molar-refractivity contribution in [3.05, 3.63) is 29.8 Å². The number of carbonyl (C=O) groups is 2. The predicted molar refractivity (Wildman–Crippen MR) is 84.7 cm³/mol. The van der Waals surface area contributed by atoms with Crippen molar-refractivity contribution in [1.29, 1.82) is 0 Å². The maximum Gasteiger partial charge on any atom is 0.416 e. The molecule has 1 heterocycles. The van der Waals surface area contributed by atoms with E-state index in [1.807, 2.05) is 0 Å². The first-order valence-corrected chi connectivity index (χ1v) is 7.98. The number of carboxylic acids is 1. The van der Waals surface area contributed by atoms with E-state index in [1.165, 1.54) is 24.1 Å². The van der Waals surface area contributed by atoms with Gasteiger partial charge < -0.3 is 19.5 Å². The van der Waals surface area contributed by atoms with E-state index in [0.29, 0.717) is 19.4 Å². The van der Waals surface area contributed by atoms with Crippen LogP contribution in [0, 0.1) is 5.41 Å². The summed E-state index contributed by atoms with van der Waals surface area (Å²) in [6, 6.07) is 4.24. The fraction of sp³-hybridized carbons (Fsp3) is 0.529. The smallest absolute Gasteiger partial charge is 0.416 e. The number of amides is 1. The number of alkyl halides is 3. The zero-order valence-electron chi connectivity index (χ0n) is 14.2. The lowest BCUT2D eigenvalue weighted by molar-refractivity contribution is -0.159. The van der Waals surface area contributed by atoms with Crippen LogP contribution in [0.5, 0.6) is 5.75 Å². The van der Waals surface area contributed by atoms with Gasteiger partial charge in [-0.25, -0.2) is 0 Å². The second-order valence-electron chi connectivity index (χ2n) is 6.25. The molecule has 1 aromatic rings. The van der Waals surface area contributed by atoms with E-state index < -0.39 is 35.6 Å². The Balaban J connectivity index is 2.00. The standard InChI is InChI=1S/C17H20F3NO5/c1-25-11-16(15(23)24)6-3-7-21(10-16)14(22)9-26-13-5-2-4-12(8-13)17(18,19)20/h2,4-5,8H,3,6-7,9-11H2,1H3,(H,23,24). The van der Waals surface area contributed by atoms with Crippen molar-refractivity contribution >= 4 is 11.9 Å². The molecule has 144 valence electrons. The lowest BCUT2D eigenvalue weighted by Crippen LogP contribution is -2.53. The van der Waals surface area contributed by atoms with Gasteiger partial charge in [0.25, 0.3) is 5.91 Å². The molecular weight excluding hydrogens is 355 g/mol. The molecule has 9 heteroatoms. The van der Waals surface area contributed by atoms with Crippen molar-refractivity contribution in [2.24, 2.45) is 5.41 Å². The number of piperidine rings is 1. The van der Waals surface area contributed by atoms with Crippen molar-refractivity contribution in [2.45, 2.75) is 19.0 Å². The zero-order chi connectivity index (χ0) is 19.4. The number of hydrogen-bond donors (Lipinski definition) is 1. The van der Waals surface area contributed by atoms with Gasteiger partial charge in [0.15, 0.2) is 6.61 Å². The molecule has 1 aliphatic heterocycles. The number of carboxylic acid groups (broad SMARTS) is 1. The summed E-state index contributed by atoms with van der Waals surface area (Å²) in [6.07, 6.45) is -3.63. The summed E-state index contributed by atoms with van der Waals surface area (Å²) < 4.78 is 48.2. The third-order valence-electron chi connectivity index (χ3n) is 4.33. The number of halogens is 3. The first-order chi connectivity index (χ1) is 12.2. The Hall–Kier alpha value is -2.29. The molecule has 1 unspecified atom stereocenters. The highest BCUT2D eigenvalue weighted by Crippen LogP contribution is 2.32. The summed E-state index contributed by atoms with van der Waals surface area (Å²) in [6.45, 7) is -0.158. The van der Waals surface area contributed by atoms with Crippen LogP contribution in [-0.4, -0.2) is 55.3 Å². The first kappa shape index (κ1) is 20.0. The third kappa shape index (κ3) is 4.66. The monoisotopic (exact) mass is 375 g/mol. The van der Waals surface area contributed by atoms with Crippen LogP contribution in [0.25, 0.3) is 0 Å². The van der Waals surface area contributed by atoms with Crippen LogP contribution in [-0.2, 0) is 20.5 Å². The molecule has 0 bridgehead atoms. The van der Waals surface area contributed by atoms with Crippen molar-refractivity contribution < 1.29 is 37.3 Å². The van der Waals surface area contributed by atoms with Crippen molar-refractivity contribution in [3.63, 3.8) is 0 Å². The molecule has 1 amide bonds. The number of rotatable bonds is 6. The lowest BCUT2D eigenvalue weighted by Gasteiger charge is -2.39. The Morgan fingerprint density at radius 3 is 2.69 bits per heavy atom. The predicted octanol–water partition coefficient (Wildman–Crippen LogP) is 2.42. The van der Waals surface area contributed by atoms with Gasteiger partial charge in [-0.05, 0) is 31.0 Å². The molecule has 1 atom stereocenters. The van der Waals surface area contributed by atoms with E-state index in [-0.39, 0.29) is 18.9 Å². The second-order valence-corrected chi connectivity index (χ2v) is 6.25. The van der Waals surface area contributed by atoms with Crippen LogP contribution in [0.15, 0.2) is 24.3 Å². The number of aliphatic carboxylic acids is 1. The first-order valence-electron chi connectivity index (χ1n) is 7.98. The molecular formula is C17H20F3NO5. The number of benzene rings is 1. The van der Waals surface area contributed by atoms with Gasteiger partial charge in [-0.3, -0.25) is 9.59 Å². The molecule has 0 aliphatic carbocycles. The average Bonchev–Trinajstić information content (AvgIpc) is 2.59. The number of hydrogen-bond acceptors (Lipinski definition) is 4. The van der Waals surface area contributed by atoms with E-state index >= 15 is 0 Å². The third-order valence-corrected chi connectivity index (χ3v) is 4.33. The zero-order valence-corrected chi connectivity index (χ0v) is 14.2. The highest BCUT2D eigenvalue weighted by atomic mass is 19.4. The Morgan fingerprint density at radius 2 is 2.08 bits per heavy atom. The van der Waals surface area contributed by atoms with Gasteiger partial charge in [0.2, 0.25) is 0 Å². The summed E-state index contributed by atoms with van der Waals surface area (Å²) in [7, 11) is 1.39. The second kappa shape index (κ2) is 7.94. The van der Waals surface area contributed by atoms with Gasteiger partial charge in [-0.15, -0.1) is 0 Å². The van der Waals surface area contributed by atoms with Gasteiger partial charge >= 0.3 is 12.1 Å². The number of likely N-dealkylation sites (tertiary alicyclic amines) is 1. The molecule has 6 nitrogen and oxygen atoms in total. The van der Waals surface area contributed by atoms with Crippen LogP contribution >= 0.6 is 0 Å². The Morgan fingerprint density at radius 1 is 1.35 bits per heavy atom. The van der Waals surface area contributed by atoms with Crippen molar-refractivity contribution in [1.82, 2.24) is 4.90 Å². The maximum atomic E-state index is 12.7. The Bertz CT molecular complexity index is 660. The van der Waals surface area contributed by atoms with Crippen LogP contribution in [0.4, 0.5) is 13.2 Å². The van der Waals surface area contributed by atoms with E-state index in [4.69, 9.17) is 9.47 Å². The normalized spacial score (nSPS) is 20.7. The number of carbonyl (C=O) groups excluding carboxylic acids is 1. The van der Waals surface area contributed by atoms with E-state index in [9.17, 15) is 27.9 Å². The van der Waals surface area contributed by atoms with Crippen LogP contribution in [0.3, 0.4) is 0 Å². The molecule has 1 fully saturated rings. The molecule has 0 radical (unpaired) electrons. The largest absolute Gasteiger partial charge is 0.484 e. The van der Waals surface area contributed by atoms with Crippen molar-refractivity contribution in [3.8, 4) is 5.75 Å². The summed E-state index contributed by atoms with van der Waals surface area (Å²) in [5.41, 5.74) is -2.05. The molecule has 1 saturated heterocycles. The molecule has 0 saturated carbocycles. The Kier molecular flexibility index (Phi) is 6.12. The molecule has 1 aliphatic rings. The topological polar surface area (TPSA) is 76.1 Å². The summed E-state index contributed by atoms with van der Waals surface area (Å²) in [4.78, 5) is 25.3. The highest BCUT2D eigenvalue weighted by molar-refractivity contribution is 5.80. The summed E-state index contributed by atoms with van der Waals surface area (Å²) in [5.74, 6) is -1.61. The molecule has 1 aromatic carbocycles. The molecule has 2 rings (SSSR count). The van der Waals surface area contributed by atoms with Crippen molar-refractivity contribution in [2.75, 3.05) is 33.4 Å². The molecule has 0 spiro atoms. The Labute approximate surface area is 148 Å². The minimum Gasteiger partial charge on any atom is -0.484 e. The van der Waals surface area contributed by atoms with Crippen LogP contribution < -0.4 is 4.74 Å². The van der Waals surface area contributed by atoms with Gasteiger partial charge in [-0.1, -0.05) is 6.07 Å². The summed E-state index contributed by atoms with van der Waals surface area (Å²) >= 11 is 0. The SMILES string of the molecule is COCC1(C(=O)O)CCCN(C(=O)COc2cccc(C(F)(F)F)c2)C1. The number of methoxy groups -OCH3 is 1. The minimum absolute atomic E-state index is 0.0268. The molecule has 1 N–H and O–H groups in total. The van der Waals surface area contributed by atoms with Crippen LogP contribution in [0.2, 0.25) is 0 Å². The lowest BCUT2D eigenvalue weighted by atomic mass is 9.80. The average molecular weight is 375 g/mol. The number of ether oxygens (including phenoxy) is 2. The van der Waals surface area contributed by atoms with E-state index in [1.54, 1.807) is 0 Å². The maximum absolute atomic E-state index is 12.7. The quantitative estimate of drug-likeness (QED) is 0.827. The van der Waals surface area contributed by atoms with Crippen LogP contribution in [0.1, 0.15) is 18.4 Å². The number of nitrogens with zero attached hydrogens (tertiary/aromatic N) is 1. The summed E-state index contributed by atoms with van der Waals surface area (Å²) in [5, 5.41) is 9.48. The van der Waals surface area contributed by atoms with Gasteiger partial charge in [-0.2, -0.15) is 13.2 Å². The van der Waals surface area contributed by atoms with Gasteiger partial charge in [0.1, 0.15) is 11.2 Å². The molecule has 26 heavy (non-hydrogen) atoms. The van der Waals surface area contributed by atoms with E-state index in [2.05, 4.69) is 0 Å². The van der Waals surface area contributed by atoms with Gasteiger partial charge in [0, 0.05) is 20.2 Å². The fourth-order valence-electron chi connectivity index (χ4n) is 2.97. The van der Waals surface area contributed by atoms with Gasteiger partial charge in [0.05, 0.1) is 12.2 Å². The minimum atomic E-state index is -4.50. The van der Waals surface area contributed by atoms with E-state index in [0.717, 1.165) is 12.1 Å². The molecule has 0 aromatic heterocycles. The highest BCUT2D eigenvalue weighted by Gasteiger charge is 2.43. The fourth-order valence-corrected chi connectivity index (χ4v) is 2.97.